The standard InChI is InChI=1S/C18H15ClN4O3/c1-26-13-4-2-3-11(16(13)19)14-10(9-20)5-6-12(24)15(14)17(25)23-18-21-7-8-22-18/h2-6,24H,7-8H2,1H3,(H2,21,22,23,25). The first-order chi connectivity index (χ1) is 12.6. The van der Waals surface area contributed by atoms with Crippen molar-refractivity contribution in [2.45, 2.75) is 0 Å². The number of amides is 1. The highest BCUT2D eigenvalue weighted by Gasteiger charge is 2.25. The van der Waals surface area contributed by atoms with Crippen LogP contribution in [0.2, 0.25) is 5.02 Å². The number of hydrogen-bond acceptors (Lipinski definition) is 6. The normalized spacial score (nSPS) is 12.7. The number of ether oxygens (including phenoxy) is 1. The summed E-state index contributed by atoms with van der Waals surface area (Å²) < 4.78 is 5.21. The number of phenols is 1. The van der Waals surface area contributed by atoms with E-state index in [1.165, 1.54) is 19.2 Å². The van der Waals surface area contributed by atoms with Gasteiger partial charge in [0.2, 0.25) is 0 Å². The number of halogens is 1. The molecule has 1 heterocycles. The molecule has 3 N–H and O–H groups in total. The maximum Gasteiger partial charge on any atom is 0.262 e. The first-order valence-corrected chi connectivity index (χ1v) is 8.13. The van der Waals surface area contributed by atoms with E-state index in [2.05, 4.69) is 15.6 Å². The van der Waals surface area contributed by atoms with Gasteiger partial charge in [-0.15, -0.1) is 0 Å². The largest absolute Gasteiger partial charge is 0.507 e. The number of guanidine groups is 1. The smallest absolute Gasteiger partial charge is 0.262 e. The third-order valence-electron chi connectivity index (χ3n) is 3.89. The molecule has 1 aliphatic heterocycles. The van der Waals surface area contributed by atoms with E-state index in [4.69, 9.17) is 16.3 Å². The summed E-state index contributed by atoms with van der Waals surface area (Å²) in [5.74, 6) is -0.153. The Morgan fingerprint density at radius 1 is 1.42 bits per heavy atom. The molecular formula is C18H15ClN4O3. The Hall–Kier alpha value is -3.24. The highest BCUT2D eigenvalue weighted by Crippen LogP contribution is 2.40. The lowest BCUT2D eigenvalue weighted by molar-refractivity contribution is 0.0974. The summed E-state index contributed by atoms with van der Waals surface area (Å²) in [5, 5.41) is 25.6. The van der Waals surface area contributed by atoms with E-state index in [1.807, 2.05) is 6.07 Å². The summed E-state index contributed by atoms with van der Waals surface area (Å²) in [5.41, 5.74) is 0.775. The Morgan fingerprint density at radius 3 is 2.88 bits per heavy atom. The van der Waals surface area contributed by atoms with Gasteiger partial charge in [0, 0.05) is 17.7 Å². The Labute approximate surface area is 154 Å². The molecular weight excluding hydrogens is 356 g/mol. The van der Waals surface area contributed by atoms with Crippen LogP contribution in [0.25, 0.3) is 11.1 Å². The molecule has 1 amide bonds. The van der Waals surface area contributed by atoms with Gasteiger partial charge in [0.15, 0.2) is 5.96 Å². The molecule has 0 fully saturated rings. The Morgan fingerprint density at radius 2 is 2.23 bits per heavy atom. The average Bonchev–Trinajstić information content (AvgIpc) is 3.14. The fourth-order valence-electron chi connectivity index (χ4n) is 2.71. The summed E-state index contributed by atoms with van der Waals surface area (Å²) >= 11 is 6.39. The zero-order valence-electron chi connectivity index (χ0n) is 13.8. The SMILES string of the molecule is COc1cccc(-c2c(C#N)ccc(O)c2C(=O)NC2=NCCN2)c1Cl. The molecule has 2 aromatic rings. The van der Waals surface area contributed by atoms with Crippen LogP contribution >= 0.6 is 11.6 Å². The van der Waals surface area contributed by atoms with Crippen LogP contribution in [-0.4, -0.2) is 37.2 Å². The lowest BCUT2D eigenvalue weighted by Gasteiger charge is -2.16. The molecule has 7 nitrogen and oxygen atoms in total. The number of aliphatic imine (C=N–C) groups is 1. The van der Waals surface area contributed by atoms with Gasteiger partial charge in [-0.3, -0.25) is 15.1 Å². The number of methoxy groups -OCH3 is 1. The first-order valence-electron chi connectivity index (χ1n) is 7.75. The van der Waals surface area contributed by atoms with Crippen LogP contribution in [0.4, 0.5) is 0 Å². The van der Waals surface area contributed by atoms with Crippen molar-refractivity contribution in [2.75, 3.05) is 20.2 Å². The molecule has 1 aliphatic rings. The second-order valence-electron chi connectivity index (χ2n) is 5.43. The van der Waals surface area contributed by atoms with E-state index in [-0.39, 0.29) is 27.5 Å². The Balaban J connectivity index is 2.19. The number of nitrogens with zero attached hydrogens (tertiary/aromatic N) is 2. The maximum atomic E-state index is 12.8. The zero-order valence-corrected chi connectivity index (χ0v) is 14.6. The molecule has 0 spiro atoms. The predicted molar refractivity (Wildman–Crippen MR) is 97.6 cm³/mol. The van der Waals surface area contributed by atoms with E-state index in [0.717, 1.165) is 0 Å². The molecule has 0 aromatic heterocycles. The Kier molecular flexibility index (Phi) is 4.96. The third-order valence-corrected chi connectivity index (χ3v) is 4.28. The van der Waals surface area contributed by atoms with Crippen LogP contribution in [0.5, 0.6) is 11.5 Å². The van der Waals surface area contributed by atoms with Crippen LogP contribution in [0.15, 0.2) is 35.3 Å². The molecule has 0 atom stereocenters. The molecule has 0 unspecified atom stereocenters. The number of phenolic OH excluding ortho intramolecular Hbond substituents is 1. The first kappa shape index (κ1) is 17.6. The molecule has 132 valence electrons. The molecule has 0 saturated heterocycles. The summed E-state index contributed by atoms with van der Waals surface area (Å²) in [6.07, 6.45) is 0. The minimum atomic E-state index is -0.596. The van der Waals surface area contributed by atoms with Gasteiger partial charge in [-0.1, -0.05) is 23.7 Å². The molecule has 0 saturated carbocycles. The fraction of sp³-hybridized carbons (Fsp3) is 0.167. The molecule has 3 rings (SSSR count). The number of carbonyl (C=O) groups is 1. The van der Waals surface area contributed by atoms with Crippen LogP contribution in [0.3, 0.4) is 0 Å². The number of hydrogen-bond donors (Lipinski definition) is 3. The Bertz CT molecular complexity index is 950. The van der Waals surface area contributed by atoms with E-state index >= 15 is 0 Å². The van der Waals surface area contributed by atoms with Gasteiger partial charge in [-0.2, -0.15) is 5.26 Å². The van der Waals surface area contributed by atoms with Gasteiger partial charge < -0.3 is 15.2 Å². The second kappa shape index (κ2) is 7.33. The minimum absolute atomic E-state index is 0.0596. The maximum absolute atomic E-state index is 12.8. The highest BCUT2D eigenvalue weighted by atomic mass is 35.5. The lowest BCUT2D eigenvalue weighted by atomic mass is 9.93. The van der Waals surface area contributed by atoms with E-state index in [9.17, 15) is 15.2 Å². The summed E-state index contributed by atoms with van der Waals surface area (Å²) in [4.78, 5) is 16.9. The van der Waals surface area contributed by atoms with E-state index < -0.39 is 5.91 Å². The van der Waals surface area contributed by atoms with Gasteiger partial charge in [-0.25, -0.2) is 0 Å². The number of nitrogens with one attached hydrogen (secondary N) is 2. The van der Waals surface area contributed by atoms with Crippen LogP contribution in [0, 0.1) is 11.3 Å². The molecule has 8 heteroatoms. The number of carbonyl (C=O) groups excluding carboxylic acids is 1. The summed E-state index contributed by atoms with van der Waals surface area (Å²) in [7, 11) is 1.47. The summed E-state index contributed by atoms with van der Waals surface area (Å²) in [6, 6.07) is 9.78. The average molecular weight is 371 g/mol. The number of nitriles is 1. The molecule has 2 aromatic carbocycles. The van der Waals surface area contributed by atoms with Crippen molar-refractivity contribution in [1.82, 2.24) is 10.6 Å². The zero-order chi connectivity index (χ0) is 18.7. The number of rotatable bonds is 3. The highest BCUT2D eigenvalue weighted by molar-refractivity contribution is 6.35. The fourth-order valence-corrected chi connectivity index (χ4v) is 3.01. The van der Waals surface area contributed by atoms with E-state index in [0.29, 0.717) is 30.4 Å². The van der Waals surface area contributed by atoms with Gasteiger partial charge in [-0.05, 0) is 18.2 Å². The number of benzene rings is 2. The third kappa shape index (κ3) is 3.15. The van der Waals surface area contributed by atoms with Crippen molar-refractivity contribution < 1.29 is 14.6 Å². The molecule has 0 radical (unpaired) electrons. The number of aromatic hydroxyl groups is 1. The second-order valence-corrected chi connectivity index (χ2v) is 5.81. The van der Waals surface area contributed by atoms with Crippen LogP contribution < -0.4 is 15.4 Å². The van der Waals surface area contributed by atoms with Crippen molar-refractivity contribution in [2.24, 2.45) is 4.99 Å². The topological polar surface area (TPSA) is 107 Å². The molecule has 0 aliphatic carbocycles. The van der Waals surface area contributed by atoms with Crippen molar-refractivity contribution in [3.63, 3.8) is 0 Å². The molecule has 26 heavy (non-hydrogen) atoms. The van der Waals surface area contributed by atoms with Gasteiger partial charge in [0.05, 0.1) is 35.9 Å². The van der Waals surface area contributed by atoms with Crippen molar-refractivity contribution in [3.05, 3.63) is 46.5 Å². The monoisotopic (exact) mass is 370 g/mol. The van der Waals surface area contributed by atoms with Crippen molar-refractivity contribution >= 4 is 23.5 Å². The van der Waals surface area contributed by atoms with Gasteiger partial charge in [0.25, 0.3) is 5.91 Å². The van der Waals surface area contributed by atoms with Crippen LogP contribution in [-0.2, 0) is 0 Å². The van der Waals surface area contributed by atoms with Crippen molar-refractivity contribution in [3.8, 4) is 28.7 Å². The van der Waals surface area contributed by atoms with Crippen molar-refractivity contribution in [1.29, 1.82) is 5.26 Å². The molecule has 0 bridgehead atoms. The summed E-state index contributed by atoms with van der Waals surface area (Å²) in [6.45, 7) is 1.17. The quantitative estimate of drug-likeness (QED) is 0.768. The van der Waals surface area contributed by atoms with Gasteiger partial charge >= 0.3 is 0 Å². The lowest BCUT2D eigenvalue weighted by Crippen LogP contribution is -2.38. The minimum Gasteiger partial charge on any atom is -0.507 e. The van der Waals surface area contributed by atoms with Gasteiger partial charge in [0.1, 0.15) is 11.5 Å². The van der Waals surface area contributed by atoms with Crippen LogP contribution in [0.1, 0.15) is 15.9 Å². The predicted octanol–water partition coefficient (Wildman–Crippen LogP) is 2.28. The van der Waals surface area contributed by atoms with E-state index in [1.54, 1.807) is 18.2 Å².